The number of thiazole rings is 1. The average Bonchev–Trinajstić information content (AvgIpc) is 2.78. The van der Waals surface area contributed by atoms with Gasteiger partial charge in [0.2, 0.25) is 0 Å². The predicted molar refractivity (Wildman–Crippen MR) is 69.6 cm³/mol. The van der Waals surface area contributed by atoms with Crippen molar-refractivity contribution >= 4 is 17.2 Å². The van der Waals surface area contributed by atoms with Gasteiger partial charge in [-0.05, 0) is 6.92 Å². The van der Waals surface area contributed by atoms with Crippen LogP contribution in [0.25, 0.3) is 0 Å². The number of hydrogen-bond acceptors (Lipinski definition) is 4. The summed E-state index contributed by atoms with van der Waals surface area (Å²) in [5, 5.41) is 6.20. The zero-order valence-electron chi connectivity index (χ0n) is 10.6. The molecule has 94 valence electrons. The number of nitrogens with zero attached hydrogens (tertiary/aromatic N) is 2. The van der Waals surface area contributed by atoms with E-state index in [1.807, 2.05) is 10.3 Å². The Labute approximate surface area is 106 Å². The highest BCUT2D eigenvalue weighted by atomic mass is 32.1. The lowest BCUT2D eigenvalue weighted by atomic mass is 10.2. The summed E-state index contributed by atoms with van der Waals surface area (Å²) in [6, 6.07) is 0.250. The summed E-state index contributed by atoms with van der Waals surface area (Å²) in [5.74, 6) is 0.462. The summed E-state index contributed by atoms with van der Waals surface area (Å²) in [5.41, 5.74) is 0.604. The second kappa shape index (κ2) is 5.14. The van der Waals surface area contributed by atoms with E-state index in [0.29, 0.717) is 11.6 Å². The highest BCUT2D eigenvalue weighted by Crippen LogP contribution is 2.20. The lowest BCUT2D eigenvalue weighted by Gasteiger charge is -2.33. The lowest BCUT2D eigenvalue weighted by Crippen LogP contribution is -2.52. The molecule has 1 aliphatic heterocycles. The Bertz CT molecular complexity index is 402. The van der Waals surface area contributed by atoms with Gasteiger partial charge < -0.3 is 10.2 Å². The van der Waals surface area contributed by atoms with E-state index in [9.17, 15) is 4.79 Å². The SMILES string of the molecule is CC(C)c1nc(C(=O)N2CCNC[C@@H]2C)cs1. The Morgan fingerprint density at radius 1 is 1.65 bits per heavy atom. The van der Waals surface area contributed by atoms with Crippen molar-refractivity contribution < 1.29 is 4.79 Å². The van der Waals surface area contributed by atoms with Crippen LogP contribution in [0.5, 0.6) is 0 Å². The van der Waals surface area contributed by atoms with Gasteiger partial charge in [0.1, 0.15) is 5.69 Å². The zero-order chi connectivity index (χ0) is 12.4. The minimum atomic E-state index is 0.0714. The van der Waals surface area contributed by atoms with Crippen LogP contribution < -0.4 is 5.32 Å². The van der Waals surface area contributed by atoms with Crippen LogP contribution in [0, 0.1) is 0 Å². The monoisotopic (exact) mass is 253 g/mol. The maximum absolute atomic E-state index is 12.3. The van der Waals surface area contributed by atoms with Crippen LogP contribution in [-0.4, -0.2) is 41.5 Å². The van der Waals surface area contributed by atoms with Crippen LogP contribution in [0.4, 0.5) is 0 Å². The molecular formula is C12H19N3OS. The fourth-order valence-corrected chi connectivity index (χ4v) is 2.75. The molecule has 0 radical (unpaired) electrons. The maximum atomic E-state index is 12.3. The number of carbonyl (C=O) groups excluding carboxylic acids is 1. The molecule has 1 atom stereocenters. The van der Waals surface area contributed by atoms with Crippen LogP contribution in [0.3, 0.4) is 0 Å². The van der Waals surface area contributed by atoms with Gasteiger partial charge >= 0.3 is 0 Å². The molecule has 1 fully saturated rings. The first-order chi connectivity index (χ1) is 8.09. The van der Waals surface area contributed by atoms with Gasteiger partial charge in [-0.3, -0.25) is 4.79 Å². The van der Waals surface area contributed by atoms with E-state index in [0.717, 1.165) is 24.6 Å². The van der Waals surface area contributed by atoms with Crippen molar-refractivity contribution in [3.05, 3.63) is 16.1 Å². The molecule has 1 aliphatic rings. The number of nitrogens with one attached hydrogen (secondary N) is 1. The van der Waals surface area contributed by atoms with Crippen LogP contribution in [0.15, 0.2) is 5.38 Å². The van der Waals surface area contributed by atoms with Crippen LogP contribution in [0.1, 0.15) is 42.2 Å². The molecular weight excluding hydrogens is 234 g/mol. The van der Waals surface area contributed by atoms with Crippen molar-refractivity contribution in [1.29, 1.82) is 0 Å². The van der Waals surface area contributed by atoms with E-state index in [4.69, 9.17) is 0 Å². The number of rotatable bonds is 2. The molecule has 1 N–H and O–H groups in total. The highest BCUT2D eigenvalue weighted by molar-refractivity contribution is 7.09. The van der Waals surface area contributed by atoms with Gasteiger partial charge in [0, 0.05) is 37.0 Å². The second-order valence-corrected chi connectivity index (χ2v) is 5.67. The number of piperazine rings is 1. The lowest BCUT2D eigenvalue weighted by molar-refractivity contribution is 0.0650. The minimum Gasteiger partial charge on any atom is -0.332 e. The van der Waals surface area contributed by atoms with Crippen molar-refractivity contribution in [1.82, 2.24) is 15.2 Å². The molecule has 0 saturated carbocycles. The Hall–Kier alpha value is -0.940. The third kappa shape index (κ3) is 2.66. The number of carbonyl (C=O) groups is 1. The molecule has 0 unspecified atom stereocenters. The normalized spacial score (nSPS) is 20.9. The minimum absolute atomic E-state index is 0.0714. The fourth-order valence-electron chi connectivity index (χ4n) is 1.94. The number of amides is 1. The van der Waals surface area contributed by atoms with Crippen molar-refractivity contribution in [3.8, 4) is 0 Å². The van der Waals surface area contributed by atoms with Crippen LogP contribution in [0.2, 0.25) is 0 Å². The molecule has 5 heteroatoms. The number of hydrogen-bond donors (Lipinski definition) is 1. The largest absolute Gasteiger partial charge is 0.332 e. The van der Waals surface area contributed by atoms with E-state index in [-0.39, 0.29) is 11.9 Å². The van der Waals surface area contributed by atoms with Crippen molar-refractivity contribution in [2.24, 2.45) is 0 Å². The first-order valence-electron chi connectivity index (χ1n) is 6.06. The Morgan fingerprint density at radius 2 is 2.41 bits per heavy atom. The summed E-state index contributed by atoms with van der Waals surface area (Å²) in [4.78, 5) is 18.6. The summed E-state index contributed by atoms with van der Waals surface area (Å²) in [7, 11) is 0. The van der Waals surface area contributed by atoms with E-state index in [2.05, 4.69) is 31.1 Å². The smallest absolute Gasteiger partial charge is 0.273 e. The van der Waals surface area contributed by atoms with Gasteiger partial charge in [-0.25, -0.2) is 4.98 Å². The topological polar surface area (TPSA) is 45.2 Å². The van der Waals surface area contributed by atoms with E-state index in [1.165, 1.54) is 0 Å². The zero-order valence-corrected chi connectivity index (χ0v) is 11.4. The first-order valence-corrected chi connectivity index (χ1v) is 6.94. The summed E-state index contributed by atoms with van der Waals surface area (Å²) >= 11 is 1.58. The molecule has 1 aromatic rings. The molecule has 1 saturated heterocycles. The molecule has 1 aromatic heterocycles. The molecule has 0 aliphatic carbocycles. The summed E-state index contributed by atoms with van der Waals surface area (Å²) < 4.78 is 0. The maximum Gasteiger partial charge on any atom is 0.273 e. The Morgan fingerprint density at radius 3 is 3.00 bits per heavy atom. The van der Waals surface area contributed by atoms with E-state index in [1.54, 1.807) is 11.3 Å². The van der Waals surface area contributed by atoms with Gasteiger partial charge in [0.05, 0.1) is 5.01 Å². The molecule has 0 spiro atoms. The third-order valence-electron chi connectivity index (χ3n) is 3.00. The fraction of sp³-hybridized carbons (Fsp3) is 0.667. The van der Waals surface area contributed by atoms with Gasteiger partial charge in [0.25, 0.3) is 5.91 Å². The van der Waals surface area contributed by atoms with Crippen LogP contribution >= 0.6 is 11.3 Å². The van der Waals surface area contributed by atoms with Gasteiger partial charge in [-0.2, -0.15) is 0 Å². The summed E-state index contributed by atoms with van der Waals surface area (Å²) in [6.07, 6.45) is 0. The van der Waals surface area contributed by atoms with Crippen molar-refractivity contribution in [3.63, 3.8) is 0 Å². The molecule has 0 bridgehead atoms. The molecule has 2 rings (SSSR count). The quantitative estimate of drug-likeness (QED) is 0.872. The molecule has 4 nitrogen and oxygen atoms in total. The van der Waals surface area contributed by atoms with E-state index >= 15 is 0 Å². The average molecular weight is 253 g/mol. The predicted octanol–water partition coefficient (Wildman–Crippen LogP) is 1.70. The standard InChI is InChI=1S/C12H19N3OS/c1-8(2)11-14-10(7-17-11)12(16)15-5-4-13-6-9(15)3/h7-9,13H,4-6H2,1-3H3/t9-/m0/s1. The Balaban J connectivity index is 2.12. The summed E-state index contributed by atoms with van der Waals surface area (Å²) in [6.45, 7) is 8.78. The first kappa shape index (κ1) is 12.5. The second-order valence-electron chi connectivity index (χ2n) is 4.78. The highest BCUT2D eigenvalue weighted by Gasteiger charge is 2.25. The number of aromatic nitrogens is 1. The molecule has 0 aromatic carbocycles. The van der Waals surface area contributed by atoms with Gasteiger partial charge in [-0.1, -0.05) is 13.8 Å². The van der Waals surface area contributed by atoms with Gasteiger partial charge in [0.15, 0.2) is 0 Å². The molecule has 17 heavy (non-hydrogen) atoms. The van der Waals surface area contributed by atoms with E-state index < -0.39 is 0 Å². The molecule has 1 amide bonds. The van der Waals surface area contributed by atoms with Gasteiger partial charge in [-0.15, -0.1) is 11.3 Å². The molecule has 2 heterocycles. The Kier molecular flexibility index (Phi) is 3.79. The van der Waals surface area contributed by atoms with Crippen LogP contribution in [-0.2, 0) is 0 Å². The third-order valence-corrected chi connectivity index (χ3v) is 4.14. The van der Waals surface area contributed by atoms with Crippen molar-refractivity contribution in [2.45, 2.75) is 32.7 Å². The van der Waals surface area contributed by atoms with Crippen molar-refractivity contribution in [2.75, 3.05) is 19.6 Å².